The van der Waals surface area contributed by atoms with Crippen molar-refractivity contribution < 1.29 is 14.6 Å². The molecule has 0 heterocycles. The second-order valence-electron chi connectivity index (χ2n) is 7.33. The Hall–Kier alpha value is -0.570. The van der Waals surface area contributed by atoms with Gasteiger partial charge in [-0.1, -0.05) is 58.3 Å². The third-order valence-electron chi connectivity index (χ3n) is 5.16. The zero-order valence-corrected chi connectivity index (χ0v) is 15.4. The molecule has 0 aromatic heterocycles. The molecule has 1 aliphatic carbocycles. The molecule has 0 aliphatic heterocycles. The minimum atomic E-state index is -0.132. The van der Waals surface area contributed by atoms with E-state index in [0.29, 0.717) is 5.92 Å². The van der Waals surface area contributed by atoms with Crippen molar-refractivity contribution in [3.05, 3.63) is 0 Å². The van der Waals surface area contributed by atoms with Gasteiger partial charge in [-0.3, -0.25) is 4.79 Å². The number of unbranched alkanes of at least 4 members (excludes halogenated alkanes) is 4. The molecule has 0 unspecified atom stereocenters. The van der Waals surface area contributed by atoms with Gasteiger partial charge in [0.15, 0.2) is 0 Å². The first-order valence-electron chi connectivity index (χ1n) is 9.98. The molecule has 1 saturated carbocycles. The number of rotatable bonds is 12. The Morgan fingerprint density at radius 1 is 1.00 bits per heavy atom. The van der Waals surface area contributed by atoms with Gasteiger partial charge in [0.05, 0.1) is 6.10 Å². The molecule has 0 radical (unpaired) electrons. The van der Waals surface area contributed by atoms with Gasteiger partial charge in [0.1, 0.15) is 6.10 Å². The highest BCUT2D eigenvalue weighted by Crippen LogP contribution is 2.30. The Labute approximate surface area is 143 Å². The van der Waals surface area contributed by atoms with Crippen molar-refractivity contribution in [2.24, 2.45) is 5.92 Å². The smallest absolute Gasteiger partial charge is 0.302 e. The normalized spacial score (nSPS) is 18.6. The molecule has 3 nitrogen and oxygen atoms in total. The van der Waals surface area contributed by atoms with E-state index in [4.69, 9.17) is 4.74 Å². The van der Waals surface area contributed by atoms with Gasteiger partial charge in [-0.15, -0.1) is 0 Å². The van der Waals surface area contributed by atoms with Crippen LogP contribution in [0, 0.1) is 5.92 Å². The molecule has 0 amide bonds. The molecule has 0 saturated heterocycles. The van der Waals surface area contributed by atoms with E-state index in [0.717, 1.165) is 44.9 Å². The van der Waals surface area contributed by atoms with Gasteiger partial charge in [0, 0.05) is 6.92 Å². The summed E-state index contributed by atoms with van der Waals surface area (Å²) in [6.07, 6.45) is 16.1. The minimum Gasteiger partial charge on any atom is -0.462 e. The Morgan fingerprint density at radius 2 is 1.61 bits per heavy atom. The lowest BCUT2D eigenvalue weighted by Crippen LogP contribution is -2.28. The topological polar surface area (TPSA) is 46.5 Å². The number of carbonyl (C=O) groups is 1. The quantitative estimate of drug-likeness (QED) is 0.386. The van der Waals surface area contributed by atoms with E-state index in [1.54, 1.807) is 0 Å². The number of carbonyl (C=O) groups excluding carboxylic acids is 1. The van der Waals surface area contributed by atoms with Crippen molar-refractivity contribution in [2.45, 2.75) is 116 Å². The summed E-state index contributed by atoms with van der Waals surface area (Å²) in [6.45, 7) is 3.72. The van der Waals surface area contributed by atoms with Crippen LogP contribution in [0.5, 0.6) is 0 Å². The van der Waals surface area contributed by atoms with Gasteiger partial charge >= 0.3 is 5.97 Å². The highest BCUT2D eigenvalue weighted by Gasteiger charge is 2.25. The second-order valence-corrected chi connectivity index (χ2v) is 7.33. The number of hydrogen-bond donors (Lipinski definition) is 1. The summed E-state index contributed by atoms with van der Waals surface area (Å²) < 4.78 is 5.59. The van der Waals surface area contributed by atoms with Crippen LogP contribution in [-0.2, 0) is 9.53 Å². The van der Waals surface area contributed by atoms with Crippen LogP contribution in [0.2, 0.25) is 0 Å². The van der Waals surface area contributed by atoms with Gasteiger partial charge in [-0.05, 0) is 44.4 Å². The lowest BCUT2D eigenvalue weighted by Gasteiger charge is -2.29. The maximum absolute atomic E-state index is 11.3. The number of hydrogen-bond acceptors (Lipinski definition) is 3. The zero-order chi connectivity index (χ0) is 16.9. The average Bonchev–Trinajstić information content (AvgIpc) is 2.54. The fourth-order valence-electron chi connectivity index (χ4n) is 3.79. The van der Waals surface area contributed by atoms with Crippen LogP contribution in [0.3, 0.4) is 0 Å². The molecule has 0 spiro atoms. The van der Waals surface area contributed by atoms with Crippen molar-refractivity contribution in [1.29, 1.82) is 0 Å². The van der Waals surface area contributed by atoms with E-state index in [1.807, 2.05) is 0 Å². The summed E-state index contributed by atoms with van der Waals surface area (Å²) in [5.41, 5.74) is 0. The molecule has 136 valence electrons. The zero-order valence-electron chi connectivity index (χ0n) is 15.4. The maximum Gasteiger partial charge on any atom is 0.302 e. The first kappa shape index (κ1) is 20.5. The van der Waals surface area contributed by atoms with Gasteiger partial charge in [0.2, 0.25) is 0 Å². The van der Waals surface area contributed by atoms with Crippen LogP contribution in [0.4, 0.5) is 0 Å². The molecular weight excluding hydrogens is 288 g/mol. The van der Waals surface area contributed by atoms with Crippen molar-refractivity contribution in [3.8, 4) is 0 Å². The monoisotopic (exact) mass is 326 g/mol. The second kappa shape index (κ2) is 12.8. The van der Waals surface area contributed by atoms with Gasteiger partial charge in [-0.2, -0.15) is 0 Å². The number of esters is 1. The number of aliphatic hydroxyl groups is 1. The Bertz CT molecular complexity index is 297. The first-order valence-corrected chi connectivity index (χ1v) is 9.98. The van der Waals surface area contributed by atoms with E-state index in [1.165, 1.54) is 51.9 Å². The lowest BCUT2D eigenvalue weighted by atomic mass is 9.83. The lowest BCUT2D eigenvalue weighted by molar-refractivity contribution is -0.150. The largest absolute Gasteiger partial charge is 0.462 e. The van der Waals surface area contributed by atoms with E-state index in [-0.39, 0.29) is 18.2 Å². The number of aliphatic hydroxyl groups excluding tert-OH is 1. The van der Waals surface area contributed by atoms with Crippen molar-refractivity contribution >= 4 is 5.97 Å². The molecular formula is C20H38O3. The van der Waals surface area contributed by atoms with Crippen molar-refractivity contribution in [3.63, 3.8) is 0 Å². The highest BCUT2D eigenvalue weighted by atomic mass is 16.5. The third kappa shape index (κ3) is 10.0. The summed E-state index contributed by atoms with van der Waals surface area (Å²) in [5, 5.41) is 9.94. The molecule has 0 bridgehead atoms. The summed E-state index contributed by atoms with van der Waals surface area (Å²) in [6, 6.07) is 0. The Kier molecular flexibility index (Phi) is 11.4. The summed E-state index contributed by atoms with van der Waals surface area (Å²) in [5.74, 6) is 0.444. The summed E-state index contributed by atoms with van der Waals surface area (Å²) in [7, 11) is 0. The number of ether oxygens (including phenoxy) is 1. The molecule has 0 aromatic carbocycles. The van der Waals surface area contributed by atoms with Crippen LogP contribution in [0.15, 0.2) is 0 Å². The fraction of sp³-hybridized carbons (Fsp3) is 0.950. The van der Waals surface area contributed by atoms with E-state index < -0.39 is 0 Å². The predicted octanol–water partition coefficient (Wildman–Crippen LogP) is 5.39. The van der Waals surface area contributed by atoms with Crippen LogP contribution in [0.25, 0.3) is 0 Å². The SMILES string of the molecule is CCCCC[C@H](O)CCCCC[C@H](OC(C)=O)C1CCCCC1. The molecule has 1 N–H and O–H groups in total. The van der Waals surface area contributed by atoms with Gasteiger partial charge in [-0.25, -0.2) is 0 Å². The molecule has 0 aromatic rings. The standard InChI is InChI=1S/C20H38O3/c1-3-4-7-14-19(22)15-10-6-11-16-20(23-17(2)21)18-12-8-5-9-13-18/h18-20,22H,3-16H2,1-2H3/t19-,20-/m0/s1. The van der Waals surface area contributed by atoms with E-state index >= 15 is 0 Å². The summed E-state index contributed by atoms with van der Waals surface area (Å²) in [4.78, 5) is 11.3. The van der Waals surface area contributed by atoms with Crippen LogP contribution < -0.4 is 0 Å². The Balaban J connectivity index is 2.15. The maximum atomic E-state index is 11.3. The van der Waals surface area contributed by atoms with E-state index in [9.17, 15) is 9.90 Å². The Morgan fingerprint density at radius 3 is 2.22 bits per heavy atom. The third-order valence-corrected chi connectivity index (χ3v) is 5.16. The average molecular weight is 327 g/mol. The van der Waals surface area contributed by atoms with Crippen molar-refractivity contribution in [2.75, 3.05) is 0 Å². The molecule has 1 rings (SSSR count). The van der Waals surface area contributed by atoms with Crippen LogP contribution >= 0.6 is 0 Å². The molecule has 1 fully saturated rings. The summed E-state index contributed by atoms with van der Waals surface area (Å²) >= 11 is 0. The van der Waals surface area contributed by atoms with Crippen LogP contribution in [0.1, 0.15) is 104 Å². The first-order chi connectivity index (χ1) is 11.1. The fourth-order valence-corrected chi connectivity index (χ4v) is 3.79. The predicted molar refractivity (Wildman–Crippen MR) is 95.4 cm³/mol. The minimum absolute atomic E-state index is 0.121. The molecule has 2 atom stereocenters. The van der Waals surface area contributed by atoms with Crippen LogP contribution in [-0.4, -0.2) is 23.3 Å². The highest BCUT2D eigenvalue weighted by molar-refractivity contribution is 5.66. The molecule has 1 aliphatic rings. The van der Waals surface area contributed by atoms with E-state index in [2.05, 4.69) is 6.92 Å². The molecule has 23 heavy (non-hydrogen) atoms. The van der Waals surface area contributed by atoms with Gasteiger partial charge in [0.25, 0.3) is 0 Å². The van der Waals surface area contributed by atoms with Crippen molar-refractivity contribution in [1.82, 2.24) is 0 Å². The van der Waals surface area contributed by atoms with Gasteiger partial charge < -0.3 is 9.84 Å². The molecule has 3 heteroatoms.